The van der Waals surface area contributed by atoms with Crippen LogP contribution in [0.2, 0.25) is 0 Å². The second kappa shape index (κ2) is 7.32. The Morgan fingerprint density at radius 2 is 2.14 bits per heavy atom. The van der Waals surface area contributed by atoms with Crippen LogP contribution in [-0.4, -0.2) is 39.1 Å². The van der Waals surface area contributed by atoms with Gasteiger partial charge in [-0.25, -0.2) is 18.3 Å². The van der Waals surface area contributed by atoms with Gasteiger partial charge in [0.05, 0.1) is 19.6 Å². The average Bonchev–Trinajstić information content (AvgIpc) is 2.80. The molecule has 0 saturated carbocycles. The maximum Gasteiger partial charge on any atom is 0.350 e. The van der Waals surface area contributed by atoms with Crippen molar-refractivity contribution in [2.24, 2.45) is 5.73 Å². The van der Waals surface area contributed by atoms with E-state index in [0.29, 0.717) is 5.65 Å². The summed E-state index contributed by atoms with van der Waals surface area (Å²) in [6.07, 6.45) is 1.44. The fourth-order valence-corrected chi connectivity index (χ4v) is 1.71. The lowest BCUT2D eigenvalue weighted by atomic mass is 10.3. The number of hydrogen-bond donors (Lipinski definition) is 2. The molecule has 122 valence electrons. The summed E-state index contributed by atoms with van der Waals surface area (Å²) in [4.78, 5) is 23.4. The van der Waals surface area contributed by atoms with Gasteiger partial charge in [-0.3, -0.25) is 9.20 Å². The smallest absolute Gasteiger partial charge is 0.350 e. The van der Waals surface area contributed by atoms with Gasteiger partial charge in [-0.1, -0.05) is 6.07 Å². The highest BCUT2D eigenvalue weighted by atomic mass is 35.5. The van der Waals surface area contributed by atoms with E-state index in [2.05, 4.69) is 10.4 Å². The number of nitrogens with two attached hydrogens (primary N) is 1. The third-order valence-corrected chi connectivity index (χ3v) is 2.88. The minimum absolute atomic E-state index is 0. The Balaban J connectivity index is 0.00000242. The molecule has 0 radical (unpaired) electrons. The molecule has 0 bridgehead atoms. The molecule has 0 atom stereocenters. The summed E-state index contributed by atoms with van der Waals surface area (Å²) in [5.74, 6) is -3.72. The van der Waals surface area contributed by atoms with Gasteiger partial charge in [0.25, 0.3) is 5.92 Å². The lowest BCUT2D eigenvalue weighted by Gasteiger charge is -2.14. The molecule has 0 aromatic carbocycles. The number of fused-ring (bicyclic) bond motifs is 1. The molecular weight excluding hydrogens is 320 g/mol. The Morgan fingerprint density at radius 3 is 2.77 bits per heavy atom. The predicted octanol–water partition coefficient (Wildman–Crippen LogP) is 0.0181. The van der Waals surface area contributed by atoms with Crippen LogP contribution in [0.25, 0.3) is 5.65 Å². The molecule has 2 aromatic heterocycles. The Kier molecular flexibility index (Phi) is 6.01. The number of carbonyl (C=O) groups is 1. The van der Waals surface area contributed by atoms with Crippen molar-refractivity contribution in [3.63, 3.8) is 0 Å². The third kappa shape index (κ3) is 4.25. The molecule has 0 unspecified atom stereocenters. The predicted molar refractivity (Wildman–Crippen MR) is 78.3 cm³/mol. The van der Waals surface area contributed by atoms with Crippen LogP contribution in [0.5, 0.6) is 0 Å². The molecule has 1 amide bonds. The van der Waals surface area contributed by atoms with Gasteiger partial charge in [0.1, 0.15) is 0 Å². The van der Waals surface area contributed by atoms with Crippen LogP contribution in [0.4, 0.5) is 8.78 Å². The maximum atomic E-state index is 12.9. The van der Waals surface area contributed by atoms with Gasteiger partial charge in [-0.2, -0.15) is 0 Å². The Bertz CT molecular complexity index is 700. The average molecular weight is 336 g/mol. The summed E-state index contributed by atoms with van der Waals surface area (Å²) in [6, 6.07) is 5.07. The number of carbonyl (C=O) groups excluding carboxylic acids is 1. The summed E-state index contributed by atoms with van der Waals surface area (Å²) in [7, 11) is 0. The number of halogens is 3. The molecule has 0 saturated heterocycles. The second-order valence-electron chi connectivity index (χ2n) is 4.52. The zero-order chi connectivity index (χ0) is 15.5. The first-order chi connectivity index (χ1) is 9.93. The Morgan fingerprint density at radius 1 is 1.41 bits per heavy atom. The van der Waals surface area contributed by atoms with E-state index in [1.165, 1.54) is 4.40 Å². The van der Waals surface area contributed by atoms with Crippen LogP contribution >= 0.6 is 12.4 Å². The van der Waals surface area contributed by atoms with Crippen molar-refractivity contribution >= 4 is 24.0 Å². The maximum absolute atomic E-state index is 12.9. The van der Waals surface area contributed by atoms with E-state index in [-0.39, 0.29) is 31.1 Å². The second-order valence-corrected chi connectivity index (χ2v) is 4.52. The van der Waals surface area contributed by atoms with Gasteiger partial charge in [0, 0.05) is 12.6 Å². The van der Waals surface area contributed by atoms with Crippen LogP contribution in [0, 0.1) is 0 Å². The molecule has 0 aliphatic rings. The van der Waals surface area contributed by atoms with Gasteiger partial charge >= 0.3 is 5.69 Å². The number of rotatable bonds is 6. The third-order valence-electron chi connectivity index (χ3n) is 2.88. The molecule has 10 heteroatoms. The standard InChI is InChI=1S/C12H15F2N5O2.ClH/c13-12(14,7-15)8-16-10(20)4-6-19-11(21)18-5-2-1-3-9(18)17-19;/h1-3,5H,4,6-8,15H2,(H,16,20);1H. The van der Waals surface area contributed by atoms with Crippen molar-refractivity contribution in [2.45, 2.75) is 18.9 Å². The number of hydrogen-bond acceptors (Lipinski definition) is 4. The molecule has 0 aliphatic carbocycles. The highest BCUT2D eigenvalue weighted by Crippen LogP contribution is 2.08. The highest BCUT2D eigenvalue weighted by molar-refractivity contribution is 5.85. The van der Waals surface area contributed by atoms with Crippen LogP contribution in [0.1, 0.15) is 6.42 Å². The summed E-state index contributed by atoms with van der Waals surface area (Å²) >= 11 is 0. The first kappa shape index (κ1) is 18.1. The zero-order valence-corrected chi connectivity index (χ0v) is 12.4. The molecule has 0 aliphatic heterocycles. The van der Waals surface area contributed by atoms with Crippen molar-refractivity contribution in [3.8, 4) is 0 Å². The lowest BCUT2D eigenvalue weighted by molar-refractivity contribution is -0.123. The van der Waals surface area contributed by atoms with E-state index in [9.17, 15) is 18.4 Å². The van der Waals surface area contributed by atoms with Gasteiger partial charge < -0.3 is 11.1 Å². The molecule has 0 spiro atoms. The Labute approximate surface area is 130 Å². The number of aromatic nitrogens is 3. The monoisotopic (exact) mass is 335 g/mol. The van der Waals surface area contributed by atoms with Crippen LogP contribution in [0.3, 0.4) is 0 Å². The van der Waals surface area contributed by atoms with Gasteiger partial charge in [0.15, 0.2) is 5.65 Å². The lowest BCUT2D eigenvalue weighted by Crippen LogP contribution is -2.41. The summed E-state index contributed by atoms with van der Waals surface area (Å²) in [5, 5.41) is 6.11. The van der Waals surface area contributed by atoms with Crippen molar-refractivity contribution in [3.05, 3.63) is 34.9 Å². The normalized spacial score (nSPS) is 11.2. The van der Waals surface area contributed by atoms with E-state index in [4.69, 9.17) is 5.73 Å². The summed E-state index contributed by atoms with van der Waals surface area (Å²) in [6.45, 7) is -1.64. The number of amides is 1. The van der Waals surface area contributed by atoms with Crippen LogP contribution < -0.4 is 16.7 Å². The van der Waals surface area contributed by atoms with Crippen molar-refractivity contribution in [2.75, 3.05) is 13.1 Å². The topological polar surface area (TPSA) is 94.4 Å². The number of aryl methyl sites for hydroxylation is 1. The minimum Gasteiger partial charge on any atom is -0.350 e. The summed E-state index contributed by atoms with van der Waals surface area (Å²) < 4.78 is 28.2. The summed E-state index contributed by atoms with van der Waals surface area (Å²) in [5.41, 5.74) is 4.93. The molecule has 3 N–H and O–H groups in total. The van der Waals surface area contributed by atoms with Crippen LogP contribution in [0.15, 0.2) is 29.2 Å². The van der Waals surface area contributed by atoms with Crippen molar-refractivity contribution in [1.82, 2.24) is 19.5 Å². The van der Waals surface area contributed by atoms with Crippen molar-refractivity contribution in [1.29, 1.82) is 0 Å². The molecule has 7 nitrogen and oxygen atoms in total. The van der Waals surface area contributed by atoms with E-state index in [1.54, 1.807) is 24.4 Å². The van der Waals surface area contributed by atoms with E-state index >= 15 is 0 Å². The van der Waals surface area contributed by atoms with Crippen LogP contribution in [-0.2, 0) is 11.3 Å². The largest absolute Gasteiger partial charge is 0.350 e. The molecular formula is C12H16ClF2N5O2. The number of pyridine rings is 1. The number of nitrogens with zero attached hydrogens (tertiary/aromatic N) is 3. The SMILES string of the molecule is Cl.NCC(F)(F)CNC(=O)CCn1nc2ccccn2c1=O. The van der Waals surface area contributed by atoms with E-state index < -0.39 is 24.9 Å². The van der Waals surface area contributed by atoms with E-state index in [0.717, 1.165) is 4.68 Å². The fraction of sp³-hybridized carbons (Fsp3) is 0.417. The van der Waals surface area contributed by atoms with Gasteiger partial charge in [0.2, 0.25) is 5.91 Å². The molecule has 2 heterocycles. The first-order valence-electron chi connectivity index (χ1n) is 6.32. The highest BCUT2D eigenvalue weighted by Gasteiger charge is 2.27. The fourth-order valence-electron chi connectivity index (χ4n) is 1.71. The van der Waals surface area contributed by atoms with Crippen molar-refractivity contribution < 1.29 is 13.6 Å². The quantitative estimate of drug-likeness (QED) is 0.778. The Hall–Kier alpha value is -2.00. The number of nitrogens with one attached hydrogen (secondary N) is 1. The minimum atomic E-state index is -3.13. The van der Waals surface area contributed by atoms with Gasteiger partial charge in [-0.15, -0.1) is 17.5 Å². The van der Waals surface area contributed by atoms with Gasteiger partial charge in [-0.05, 0) is 12.1 Å². The molecule has 0 fully saturated rings. The first-order valence-corrected chi connectivity index (χ1v) is 6.32. The molecule has 22 heavy (non-hydrogen) atoms. The molecule has 2 aromatic rings. The zero-order valence-electron chi connectivity index (χ0n) is 11.5. The number of alkyl halides is 2. The van der Waals surface area contributed by atoms with E-state index in [1.807, 2.05) is 0 Å². The molecule has 2 rings (SSSR count).